The van der Waals surface area contributed by atoms with Gasteiger partial charge in [0.2, 0.25) is 0 Å². The summed E-state index contributed by atoms with van der Waals surface area (Å²) < 4.78 is 27.9. The van der Waals surface area contributed by atoms with Crippen molar-refractivity contribution in [2.24, 2.45) is 0 Å². The second-order valence-corrected chi connectivity index (χ2v) is 4.36. The number of anilines is 1. The fourth-order valence-electron chi connectivity index (χ4n) is 1.89. The van der Waals surface area contributed by atoms with Gasteiger partial charge in [0, 0.05) is 31.1 Å². The van der Waals surface area contributed by atoms with E-state index in [1.54, 1.807) is 29.4 Å². The largest absolute Gasteiger partial charge is 0.366 e. The van der Waals surface area contributed by atoms with Gasteiger partial charge in [-0.25, -0.2) is 23.7 Å². The van der Waals surface area contributed by atoms with Gasteiger partial charge in [0.25, 0.3) is 0 Å². The summed E-state index contributed by atoms with van der Waals surface area (Å²) in [6.07, 6.45) is 6.43. The van der Waals surface area contributed by atoms with Crippen LogP contribution in [0, 0.1) is 11.6 Å². The SMILES string of the molecule is Fc1cc(F)cc(CNc2cc(-n3ccnc3)ncn2)c1. The number of benzene rings is 1. The Balaban J connectivity index is 1.75. The van der Waals surface area contributed by atoms with Crippen LogP contribution in [0.2, 0.25) is 0 Å². The maximum Gasteiger partial charge on any atom is 0.143 e. The maximum absolute atomic E-state index is 13.1. The molecule has 2 heterocycles. The second-order valence-electron chi connectivity index (χ2n) is 4.36. The Kier molecular flexibility index (Phi) is 3.55. The lowest BCUT2D eigenvalue weighted by molar-refractivity contribution is 0.580. The first kappa shape index (κ1) is 13.2. The zero-order valence-corrected chi connectivity index (χ0v) is 10.9. The smallest absolute Gasteiger partial charge is 0.143 e. The monoisotopic (exact) mass is 287 g/mol. The summed E-state index contributed by atoms with van der Waals surface area (Å²) in [7, 11) is 0. The molecule has 3 aromatic rings. The van der Waals surface area contributed by atoms with Gasteiger partial charge < -0.3 is 5.32 Å². The summed E-state index contributed by atoms with van der Waals surface area (Å²) in [5.74, 6) is -0.00373. The highest BCUT2D eigenvalue weighted by Crippen LogP contribution is 2.12. The lowest BCUT2D eigenvalue weighted by Crippen LogP contribution is -2.04. The molecule has 0 saturated carbocycles. The van der Waals surface area contributed by atoms with Crippen LogP contribution in [0.4, 0.5) is 14.6 Å². The normalized spacial score (nSPS) is 10.6. The van der Waals surface area contributed by atoms with Crippen LogP contribution in [0.25, 0.3) is 5.82 Å². The molecule has 0 amide bonds. The van der Waals surface area contributed by atoms with Gasteiger partial charge in [0.05, 0.1) is 0 Å². The minimum absolute atomic E-state index is 0.259. The molecule has 0 aliphatic heterocycles. The van der Waals surface area contributed by atoms with Crippen LogP contribution in [0.5, 0.6) is 0 Å². The van der Waals surface area contributed by atoms with Crippen molar-refractivity contribution in [1.29, 1.82) is 0 Å². The van der Waals surface area contributed by atoms with Gasteiger partial charge >= 0.3 is 0 Å². The molecule has 0 aliphatic rings. The molecule has 0 aliphatic carbocycles. The summed E-state index contributed by atoms with van der Waals surface area (Å²) >= 11 is 0. The molecule has 2 aromatic heterocycles. The number of hydrogen-bond acceptors (Lipinski definition) is 4. The average Bonchev–Trinajstić information content (AvgIpc) is 2.99. The minimum Gasteiger partial charge on any atom is -0.366 e. The Hall–Kier alpha value is -2.83. The van der Waals surface area contributed by atoms with Crippen LogP contribution < -0.4 is 5.32 Å². The molecule has 21 heavy (non-hydrogen) atoms. The minimum atomic E-state index is -0.603. The Morgan fingerprint density at radius 3 is 2.57 bits per heavy atom. The summed E-state index contributed by atoms with van der Waals surface area (Å²) in [6, 6.07) is 5.10. The highest BCUT2D eigenvalue weighted by molar-refractivity contribution is 5.41. The lowest BCUT2D eigenvalue weighted by atomic mass is 10.2. The third-order valence-corrected chi connectivity index (χ3v) is 2.82. The van der Waals surface area contributed by atoms with Gasteiger partial charge in [-0.05, 0) is 17.7 Å². The quantitative estimate of drug-likeness (QED) is 0.801. The molecule has 1 N–H and O–H groups in total. The van der Waals surface area contributed by atoms with E-state index in [-0.39, 0.29) is 6.54 Å². The molecule has 0 fully saturated rings. The van der Waals surface area contributed by atoms with Crippen LogP contribution in [0.1, 0.15) is 5.56 Å². The fourth-order valence-corrected chi connectivity index (χ4v) is 1.89. The van der Waals surface area contributed by atoms with Crippen molar-refractivity contribution in [3.05, 3.63) is 66.5 Å². The molecule has 1 aromatic carbocycles. The van der Waals surface area contributed by atoms with Crippen molar-refractivity contribution in [3.8, 4) is 5.82 Å². The predicted octanol–water partition coefficient (Wildman–Crippen LogP) is 2.55. The zero-order chi connectivity index (χ0) is 14.7. The first-order chi connectivity index (χ1) is 10.2. The van der Waals surface area contributed by atoms with Crippen molar-refractivity contribution >= 4 is 5.82 Å². The molecular weight excluding hydrogens is 276 g/mol. The van der Waals surface area contributed by atoms with Crippen LogP contribution >= 0.6 is 0 Å². The van der Waals surface area contributed by atoms with E-state index in [0.717, 1.165) is 6.07 Å². The topological polar surface area (TPSA) is 55.6 Å². The molecule has 0 atom stereocenters. The van der Waals surface area contributed by atoms with E-state index < -0.39 is 11.6 Å². The van der Waals surface area contributed by atoms with Crippen molar-refractivity contribution in [3.63, 3.8) is 0 Å². The number of halogens is 2. The number of rotatable bonds is 4. The molecule has 0 unspecified atom stereocenters. The highest BCUT2D eigenvalue weighted by Gasteiger charge is 2.03. The van der Waals surface area contributed by atoms with Gasteiger partial charge in [-0.2, -0.15) is 0 Å². The predicted molar refractivity (Wildman–Crippen MR) is 72.8 cm³/mol. The van der Waals surface area contributed by atoms with Crippen LogP contribution in [0.15, 0.2) is 49.3 Å². The molecule has 0 saturated heterocycles. The molecular formula is C14H11F2N5. The number of hydrogen-bond donors (Lipinski definition) is 1. The Labute approximate surface area is 119 Å². The van der Waals surface area contributed by atoms with E-state index >= 15 is 0 Å². The number of aromatic nitrogens is 4. The maximum atomic E-state index is 13.1. The molecule has 0 bridgehead atoms. The Morgan fingerprint density at radius 2 is 1.86 bits per heavy atom. The van der Waals surface area contributed by atoms with Crippen molar-refractivity contribution < 1.29 is 8.78 Å². The average molecular weight is 287 g/mol. The standard InChI is InChI=1S/C14H11F2N5/c15-11-3-10(4-12(16)5-11)7-18-13-6-14(20-8-19-13)21-2-1-17-9-21/h1-6,8-9H,7H2,(H,18,19,20). The lowest BCUT2D eigenvalue weighted by Gasteiger charge is -2.07. The summed E-state index contributed by atoms with van der Waals surface area (Å²) in [4.78, 5) is 12.1. The third-order valence-electron chi connectivity index (χ3n) is 2.82. The third kappa shape index (κ3) is 3.19. The summed E-state index contributed by atoms with van der Waals surface area (Å²) in [5.41, 5.74) is 0.496. The Morgan fingerprint density at radius 1 is 1.05 bits per heavy atom. The van der Waals surface area contributed by atoms with Gasteiger partial charge in [0.15, 0.2) is 0 Å². The van der Waals surface area contributed by atoms with E-state index in [9.17, 15) is 8.78 Å². The molecule has 0 spiro atoms. The van der Waals surface area contributed by atoms with Crippen LogP contribution in [0.3, 0.4) is 0 Å². The number of nitrogens with one attached hydrogen (secondary N) is 1. The molecule has 3 rings (SSSR count). The summed E-state index contributed by atoms with van der Waals surface area (Å²) in [6.45, 7) is 0.259. The van der Waals surface area contributed by atoms with Gasteiger partial charge in [-0.15, -0.1) is 0 Å². The second kappa shape index (κ2) is 5.66. The van der Waals surface area contributed by atoms with E-state index in [2.05, 4.69) is 20.3 Å². The molecule has 0 radical (unpaired) electrons. The van der Waals surface area contributed by atoms with E-state index in [1.165, 1.54) is 18.5 Å². The van der Waals surface area contributed by atoms with Gasteiger partial charge in [0.1, 0.15) is 35.9 Å². The van der Waals surface area contributed by atoms with E-state index in [1.807, 2.05) is 0 Å². The van der Waals surface area contributed by atoms with Gasteiger partial charge in [-0.3, -0.25) is 4.57 Å². The first-order valence-corrected chi connectivity index (χ1v) is 6.20. The van der Waals surface area contributed by atoms with E-state index in [4.69, 9.17) is 0 Å². The molecule has 106 valence electrons. The number of nitrogens with zero attached hydrogens (tertiary/aromatic N) is 4. The van der Waals surface area contributed by atoms with Crippen LogP contribution in [-0.4, -0.2) is 19.5 Å². The van der Waals surface area contributed by atoms with Crippen molar-refractivity contribution in [2.75, 3.05) is 5.32 Å². The number of imidazole rings is 1. The Bertz CT molecular complexity index is 723. The fraction of sp³-hybridized carbons (Fsp3) is 0.0714. The first-order valence-electron chi connectivity index (χ1n) is 6.20. The van der Waals surface area contributed by atoms with Crippen molar-refractivity contribution in [2.45, 2.75) is 6.54 Å². The van der Waals surface area contributed by atoms with Crippen molar-refractivity contribution in [1.82, 2.24) is 19.5 Å². The zero-order valence-electron chi connectivity index (χ0n) is 10.9. The van der Waals surface area contributed by atoms with E-state index in [0.29, 0.717) is 17.2 Å². The summed E-state index contributed by atoms with van der Waals surface area (Å²) in [5, 5.41) is 3.00. The highest BCUT2D eigenvalue weighted by atomic mass is 19.1. The molecule has 7 heteroatoms. The van der Waals surface area contributed by atoms with Crippen LogP contribution in [-0.2, 0) is 6.54 Å². The molecule has 5 nitrogen and oxygen atoms in total. The van der Waals surface area contributed by atoms with Gasteiger partial charge in [-0.1, -0.05) is 0 Å².